The second-order valence-corrected chi connectivity index (χ2v) is 6.78. The third-order valence-electron chi connectivity index (χ3n) is 3.84. The summed E-state index contributed by atoms with van der Waals surface area (Å²) in [5, 5.41) is 0.708. The Labute approximate surface area is 134 Å². The molecule has 1 fully saturated rings. The van der Waals surface area contributed by atoms with Gasteiger partial charge in [-0.1, -0.05) is 11.6 Å². The Morgan fingerprint density at radius 3 is 3.05 bits per heavy atom. The van der Waals surface area contributed by atoms with Gasteiger partial charge in [0.2, 0.25) is 0 Å². The molecule has 0 spiro atoms. The van der Waals surface area contributed by atoms with Crippen molar-refractivity contribution in [3.63, 3.8) is 0 Å². The van der Waals surface area contributed by atoms with Gasteiger partial charge in [0.1, 0.15) is 12.4 Å². The van der Waals surface area contributed by atoms with Crippen molar-refractivity contribution in [1.29, 1.82) is 0 Å². The molecule has 1 aromatic carbocycles. The number of hydrogen-bond acceptors (Lipinski definition) is 3. The fraction of sp³-hybridized carbons (Fsp3) is 0.600. The van der Waals surface area contributed by atoms with Crippen molar-refractivity contribution >= 4 is 27.5 Å². The number of likely N-dealkylation sites (tertiary alicyclic amines) is 1. The molecule has 2 N–H and O–H groups in total. The van der Waals surface area contributed by atoms with Gasteiger partial charge in [-0.05, 0) is 66.4 Å². The maximum Gasteiger partial charge on any atom is 0.133 e. The van der Waals surface area contributed by atoms with Gasteiger partial charge in [-0.25, -0.2) is 0 Å². The average Bonchev–Trinajstić information content (AvgIpc) is 2.41. The average molecular weight is 362 g/mol. The summed E-state index contributed by atoms with van der Waals surface area (Å²) in [6, 6.07) is 5.87. The fourth-order valence-corrected chi connectivity index (χ4v) is 3.40. The van der Waals surface area contributed by atoms with Gasteiger partial charge in [0.05, 0.1) is 4.47 Å². The van der Waals surface area contributed by atoms with E-state index in [4.69, 9.17) is 22.1 Å². The zero-order valence-electron chi connectivity index (χ0n) is 11.8. The molecule has 1 aliphatic rings. The molecule has 1 aliphatic heterocycles. The number of nitrogens with zero attached hydrogens (tertiary/aromatic N) is 1. The van der Waals surface area contributed by atoms with Crippen LogP contribution in [0, 0.1) is 5.92 Å². The van der Waals surface area contributed by atoms with Crippen LogP contribution in [0.1, 0.15) is 19.8 Å². The van der Waals surface area contributed by atoms with Gasteiger partial charge < -0.3 is 10.5 Å². The standard InChI is InChI=1S/C15H22BrClN2O/c1-11(18)12-3-2-6-19(10-12)7-8-20-15-5-4-13(17)9-14(15)16/h4-5,9,11-12H,2-3,6-8,10,18H2,1H3. The van der Waals surface area contributed by atoms with Gasteiger partial charge in [-0.2, -0.15) is 0 Å². The summed E-state index contributed by atoms with van der Waals surface area (Å²) < 4.78 is 6.71. The normalized spacial score (nSPS) is 21.7. The minimum absolute atomic E-state index is 0.282. The maximum atomic E-state index is 6.01. The highest BCUT2D eigenvalue weighted by molar-refractivity contribution is 9.10. The van der Waals surface area contributed by atoms with Crippen LogP contribution in [-0.2, 0) is 0 Å². The Morgan fingerprint density at radius 1 is 1.55 bits per heavy atom. The predicted molar refractivity (Wildman–Crippen MR) is 87.5 cm³/mol. The van der Waals surface area contributed by atoms with Crippen LogP contribution in [-0.4, -0.2) is 37.2 Å². The first-order chi connectivity index (χ1) is 9.56. The third kappa shape index (κ3) is 4.62. The maximum absolute atomic E-state index is 6.01. The van der Waals surface area contributed by atoms with E-state index >= 15 is 0 Å². The number of rotatable bonds is 5. The predicted octanol–water partition coefficient (Wildman–Crippen LogP) is 3.54. The monoisotopic (exact) mass is 360 g/mol. The molecule has 0 bridgehead atoms. The first kappa shape index (κ1) is 16.1. The van der Waals surface area contributed by atoms with Crippen LogP contribution in [0.5, 0.6) is 5.75 Å². The number of hydrogen-bond donors (Lipinski definition) is 1. The van der Waals surface area contributed by atoms with Gasteiger partial charge in [0.15, 0.2) is 0 Å². The molecule has 2 unspecified atom stereocenters. The minimum atomic E-state index is 0.282. The van der Waals surface area contributed by atoms with Crippen molar-refractivity contribution in [2.75, 3.05) is 26.2 Å². The number of nitrogens with two attached hydrogens (primary N) is 1. The van der Waals surface area contributed by atoms with Crippen LogP contribution in [0.4, 0.5) is 0 Å². The zero-order chi connectivity index (χ0) is 14.5. The molecule has 2 rings (SSSR count). The molecule has 1 aromatic rings. The highest BCUT2D eigenvalue weighted by atomic mass is 79.9. The largest absolute Gasteiger partial charge is 0.491 e. The molecule has 5 heteroatoms. The third-order valence-corrected chi connectivity index (χ3v) is 4.70. The van der Waals surface area contributed by atoms with E-state index in [1.165, 1.54) is 12.8 Å². The van der Waals surface area contributed by atoms with Crippen LogP contribution < -0.4 is 10.5 Å². The van der Waals surface area contributed by atoms with Crippen LogP contribution in [0.25, 0.3) is 0 Å². The van der Waals surface area contributed by atoms with E-state index in [9.17, 15) is 0 Å². The lowest BCUT2D eigenvalue weighted by Gasteiger charge is -2.34. The lowest BCUT2D eigenvalue weighted by atomic mass is 9.92. The summed E-state index contributed by atoms with van der Waals surface area (Å²) >= 11 is 9.38. The Hall–Kier alpha value is -0.290. The Bertz CT molecular complexity index is 442. The molecule has 0 saturated carbocycles. The summed E-state index contributed by atoms with van der Waals surface area (Å²) in [7, 11) is 0. The van der Waals surface area contributed by atoms with Crippen LogP contribution in [0.3, 0.4) is 0 Å². The van der Waals surface area contributed by atoms with E-state index in [0.717, 1.165) is 29.9 Å². The molecule has 0 radical (unpaired) electrons. The molecule has 3 nitrogen and oxygen atoms in total. The fourth-order valence-electron chi connectivity index (χ4n) is 2.60. The number of piperidine rings is 1. The lowest BCUT2D eigenvalue weighted by Crippen LogP contribution is -2.43. The number of benzene rings is 1. The van der Waals surface area contributed by atoms with Gasteiger partial charge in [0.25, 0.3) is 0 Å². The van der Waals surface area contributed by atoms with Crippen LogP contribution in [0.2, 0.25) is 5.02 Å². The quantitative estimate of drug-likeness (QED) is 0.872. The van der Waals surface area contributed by atoms with E-state index in [1.807, 2.05) is 18.2 Å². The molecule has 0 aliphatic carbocycles. The highest BCUT2D eigenvalue weighted by Gasteiger charge is 2.22. The zero-order valence-corrected chi connectivity index (χ0v) is 14.2. The first-order valence-corrected chi connectivity index (χ1v) is 8.29. The first-order valence-electron chi connectivity index (χ1n) is 7.12. The summed E-state index contributed by atoms with van der Waals surface area (Å²) in [4.78, 5) is 2.45. The van der Waals surface area contributed by atoms with Crippen molar-refractivity contribution in [3.8, 4) is 5.75 Å². The molecule has 0 amide bonds. The molecule has 1 heterocycles. The number of halogens is 2. The van der Waals surface area contributed by atoms with Gasteiger partial charge in [0, 0.05) is 24.2 Å². The Kier molecular flexibility index (Phi) is 6.15. The highest BCUT2D eigenvalue weighted by Crippen LogP contribution is 2.28. The van der Waals surface area contributed by atoms with E-state index < -0.39 is 0 Å². The molecular formula is C15H22BrClN2O. The molecule has 2 atom stereocenters. The minimum Gasteiger partial charge on any atom is -0.491 e. The topological polar surface area (TPSA) is 38.5 Å². The smallest absolute Gasteiger partial charge is 0.133 e. The molecule has 1 saturated heterocycles. The van der Waals surface area contributed by atoms with E-state index in [2.05, 4.69) is 27.8 Å². The van der Waals surface area contributed by atoms with Crippen LogP contribution >= 0.6 is 27.5 Å². The SMILES string of the molecule is CC(N)C1CCCN(CCOc2ccc(Cl)cc2Br)C1. The lowest BCUT2D eigenvalue weighted by molar-refractivity contribution is 0.137. The van der Waals surface area contributed by atoms with Gasteiger partial charge in [-0.15, -0.1) is 0 Å². The summed E-state index contributed by atoms with van der Waals surface area (Å²) in [5.74, 6) is 1.46. The molecule has 112 valence electrons. The van der Waals surface area contributed by atoms with E-state index in [0.29, 0.717) is 17.5 Å². The number of ether oxygens (including phenoxy) is 1. The summed E-state index contributed by atoms with van der Waals surface area (Å²) in [5.41, 5.74) is 6.01. The van der Waals surface area contributed by atoms with E-state index in [-0.39, 0.29) is 6.04 Å². The van der Waals surface area contributed by atoms with Gasteiger partial charge in [-0.3, -0.25) is 4.90 Å². The van der Waals surface area contributed by atoms with Crippen molar-refractivity contribution in [3.05, 3.63) is 27.7 Å². The summed E-state index contributed by atoms with van der Waals surface area (Å²) in [6.07, 6.45) is 2.48. The van der Waals surface area contributed by atoms with Gasteiger partial charge >= 0.3 is 0 Å². The van der Waals surface area contributed by atoms with E-state index in [1.54, 1.807) is 0 Å². The second kappa shape index (κ2) is 7.64. The van der Waals surface area contributed by atoms with Crippen molar-refractivity contribution in [1.82, 2.24) is 4.90 Å². The molecule has 20 heavy (non-hydrogen) atoms. The van der Waals surface area contributed by atoms with Crippen LogP contribution in [0.15, 0.2) is 22.7 Å². The van der Waals surface area contributed by atoms with Crippen molar-refractivity contribution in [2.24, 2.45) is 11.7 Å². The van der Waals surface area contributed by atoms with Crippen molar-refractivity contribution < 1.29 is 4.74 Å². The molecule has 0 aromatic heterocycles. The molecular weight excluding hydrogens is 340 g/mol. The Morgan fingerprint density at radius 2 is 2.35 bits per heavy atom. The van der Waals surface area contributed by atoms with Crippen molar-refractivity contribution in [2.45, 2.75) is 25.8 Å². The Balaban J connectivity index is 1.78. The summed E-state index contributed by atoms with van der Waals surface area (Å²) in [6.45, 7) is 5.97. The second-order valence-electron chi connectivity index (χ2n) is 5.49.